The number of carboxylic acids is 1. The van der Waals surface area contributed by atoms with Crippen LogP contribution in [-0.2, 0) is 25.6 Å². The van der Waals surface area contributed by atoms with Crippen molar-refractivity contribution in [1.29, 1.82) is 0 Å². The van der Waals surface area contributed by atoms with Gasteiger partial charge in [0.25, 0.3) is 0 Å². The van der Waals surface area contributed by atoms with Gasteiger partial charge in [0.05, 0.1) is 18.8 Å². The molecule has 0 aliphatic rings. The van der Waals surface area contributed by atoms with Gasteiger partial charge >= 0.3 is 5.97 Å². The Morgan fingerprint density at radius 3 is 1.94 bits per heavy atom. The van der Waals surface area contributed by atoms with E-state index < -0.39 is 60.6 Å². The van der Waals surface area contributed by atoms with Gasteiger partial charge in [-0.1, -0.05) is 26.0 Å². The number of phenols is 1. The molecule has 0 aromatic heterocycles. The summed E-state index contributed by atoms with van der Waals surface area (Å²) in [6.45, 7) is 3.96. The van der Waals surface area contributed by atoms with Crippen LogP contribution in [-0.4, -0.2) is 81.0 Å². The third kappa shape index (κ3) is 9.33. The predicted molar refractivity (Wildman–Crippen MR) is 121 cm³/mol. The van der Waals surface area contributed by atoms with Crippen molar-refractivity contribution in [3.05, 3.63) is 29.8 Å². The third-order valence-electron chi connectivity index (χ3n) is 4.93. The highest BCUT2D eigenvalue weighted by molar-refractivity contribution is 5.94. The minimum Gasteiger partial charge on any atom is -0.508 e. The van der Waals surface area contributed by atoms with E-state index in [1.54, 1.807) is 26.0 Å². The van der Waals surface area contributed by atoms with Crippen LogP contribution in [0.4, 0.5) is 0 Å². The number of benzene rings is 1. The van der Waals surface area contributed by atoms with Crippen LogP contribution < -0.4 is 21.7 Å². The number of hydrogen-bond acceptors (Lipinski definition) is 8. The second-order valence-electron chi connectivity index (χ2n) is 8.48. The molecule has 1 aromatic rings. The Bertz CT molecular complexity index is 844. The summed E-state index contributed by atoms with van der Waals surface area (Å²) in [5.41, 5.74) is 6.52. The van der Waals surface area contributed by atoms with Crippen LogP contribution >= 0.6 is 0 Å². The van der Waals surface area contributed by atoms with E-state index in [0.717, 1.165) is 0 Å². The topological polar surface area (TPSA) is 211 Å². The highest BCUT2D eigenvalue weighted by atomic mass is 16.4. The van der Waals surface area contributed by atoms with Crippen molar-refractivity contribution in [2.24, 2.45) is 11.7 Å². The minimum absolute atomic E-state index is 0.0410. The molecular formula is C22H34N4O8. The monoisotopic (exact) mass is 482 g/mol. The molecule has 0 radical (unpaired) electrons. The first-order chi connectivity index (χ1) is 15.8. The Kier molecular flexibility index (Phi) is 11.4. The normalized spacial score (nSPS) is 15.5. The van der Waals surface area contributed by atoms with Crippen LogP contribution in [0, 0.1) is 5.92 Å². The van der Waals surface area contributed by atoms with Crippen molar-refractivity contribution in [3.63, 3.8) is 0 Å². The van der Waals surface area contributed by atoms with E-state index >= 15 is 0 Å². The minimum atomic E-state index is -1.53. The average molecular weight is 483 g/mol. The van der Waals surface area contributed by atoms with Gasteiger partial charge in [-0.15, -0.1) is 0 Å². The van der Waals surface area contributed by atoms with Gasteiger partial charge < -0.3 is 42.1 Å². The van der Waals surface area contributed by atoms with Crippen molar-refractivity contribution >= 4 is 23.7 Å². The molecule has 0 fully saturated rings. The molecule has 12 heteroatoms. The fraction of sp³-hybridized carbons (Fsp3) is 0.545. The summed E-state index contributed by atoms with van der Waals surface area (Å²) in [4.78, 5) is 48.9. The number of aliphatic carboxylic acids is 1. The van der Waals surface area contributed by atoms with Gasteiger partial charge in [-0.3, -0.25) is 14.4 Å². The SMILES string of the molecule is CC(C)C[C@H](NC(=O)[C@@H](NC(=O)[C@H](CO)NC(=O)[C@@H](N)Cc1ccc(O)cc1)[C@@H](C)O)C(=O)O. The maximum atomic E-state index is 12.6. The molecular weight excluding hydrogens is 448 g/mol. The first-order valence-corrected chi connectivity index (χ1v) is 10.8. The van der Waals surface area contributed by atoms with Crippen LogP contribution in [0.2, 0.25) is 0 Å². The lowest BCUT2D eigenvalue weighted by Crippen LogP contribution is -2.60. The number of aliphatic hydroxyl groups excluding tert-OH is 2. The average Bonchev–Trinajstić information content (AvgIpc) is 2.75. The van der Waals surface area contributed by atoms with Crippen LogP contribution in [0.25, 0.3) is 0 Å². The highest BCUT2D eigenvalue weighted by Crippen LogP contribution is 2.11. The first-order valence-electron chi connectivity index (χ1n) is 10.8. The quantitative estimate of drug-likeness (QED) is 0.159. The molecule has 34 heavy (non-hydrogen) atoms. The van der Waals surface area contributed by atoms with Gasteiger partial charge in [0.1, 0.15) is 23.9 Å². The summed E-state index contributed by atoms with van der Waals surface area (Å²) >= 11 is 0. The molecule has 0 aliphatic carbocycles. The smallest absolute Gasteiger partial charge is 0.326 e. The molecule has 190 valence electrons. The van der Waals surface area contributed by atoms with Gasteiger partial charge in [0.15, 0.2) is 0 Å². The summed E-state index contributed by atoms with van der Waals surface area (Å²) in [5.74, 6) is -3.90. The summed E-state index contributed by atoms with van der Waals surface area (Å²) in [6, 6.07) is 0.716. The number of aliphatic hydroxyl groups is 2. The molecule has 1 rings (SSSR count). The van der Waals surface area contributed by atoms with E-state index in [-0.39, 0.29) is 24.5 Å². The fourth-order valence-corrected chi connectivity index (χ4v) is 3.06. The second-order valence-corrected chi connectivity index (χ2v) is 8.48. The number of carbonyl (C=O) groups is 4. The number of phenolic OH excluding ortho intramolecular Hbond substituents is 1. The summed E-state index contributed by atoms with van der Waals surface area (Å²) < 4.78 is 0. The molecule has 9 N–H and O–H groups in total. The molecule has 0 heterocycles. The van der Waals surface area contributed by atoms with Crippen LogP contribution in [0.15, 0.2) is 24.3 Å². The number of nitrogens with two attached hydrogens (primary N) is 1. The van der Waals surface area contributed by atoms with Crippen LogP contribution in [0.3, 0.4) is 0 Å². The number of aromatic hydroxyl groups is 1. The lowest BCUT2D eigenvalue weighted by Gasteiger charge is -2.26. The van der Waals surface area contributed by atoms with Crippen molar-refractivity contribution in [3.8, 4) is 5.75 Å². The molecule has 0 bridgehead atoms. The molecule has 0 unspecified atom stereocenters. The number of amides is 3. The molecule has 0 aliphatic heterocycles. The maximum absolute atomic E-state index is 12.6. The molecule has 0 spiro atoms. The number of hydrogen-bond donors (Lipinski definition) is 8. The molecule has 3 amide bonds. The van der Waals surface area contributed by atoms with Gasteiger partial charge in [-0.25, -0.2) is 4.79 Å². The van der Waals surface area contributed by atoms with Gasteiger partial charge in [0.2, 0.25) is 17.7 Å². The Morgan fingerprint density at radius 1 is 0.912 bits per heavy atom. The van der Waals surface area contributed by atoms with Crippen LogP contribution in [0.5, 0.6) is 5.75 Å². The molecule has 1 aromatic carbocycles. The Balaban J connectivity index is 2.80. The van der Waals surface area contributed by atoms with E-state index in [0.29, 0.717) is 5.56 Å². The fourth-order valence-electron chi connectivity index (χ4n) is 3.06. The van der Waals surface area contributed by atoms with Gasteiger partial charge in [-0.2, -0.15) is 0 Å². The lowest BCUT2D eigenvalue weighted by atomic mass is 10.0. The van der Waals surface area contributed by atoms with E-state index in [1.165, 1.54) is 19.1 Å². The largest absolute Gasteiger partial charge is 0.508 e. The van der Waals surface area contributed by atoms with Crippen molar-refractivity contribution in [1.82, 2.24) is 16.0 Å². The maximum Gasteiger partial charge on any atom is 0.326 e. The van der Waals surface area contributed by atoms with E-state index in [4.69, 9.17) is 5.73 Å². The van der Waals surface area contributed by atoms with Crippen molar-refractivity contribution < 1.29 is 39.6 Å². The summed E-state index contributed by atoms with van der Waals surface area (Å²) in [6.07, 6.45) is -1.17. The molecule has 5 atom stereocenters. The standard InChI is InChI=1S/C22H34N4O8/c1-11(2)8-16(22(33)34)24-21(32)18(12(3)28)26-20(31)17(10-27)25-19(30)15(23)9-13-4-6-14(29)7-5-13/h4-7,11-12,15-18,27-29H,8-10,23H2,1-3H3,(H,24,32)(H,25,30)(H,26,31)(H,33,34)/t12-,15+,16+,17+,18+/m1/s1. The zero-order valence-electron chi connectivity index (χ0n) is 19.4. The third-order valence-corrected chi connectivity index (χ3v) is 4.93. The Labute approximate surface area is 197 Å². The summed E-state index contributed by atoms with van der Waals surface area (Å²) in [5, 5.41) is 44.9. The zero-order chi connectivity index (χ0) is 26.0. The van der Waals surface area contributed by atoms with Crippen LogP contribution in [0.1, 0.15) is 32.8 Å². The van der Waals surface area contributed by atoms with Crippen molar-refractivity contribution in [2.75, 3.05) is 6.61 Å². The number of carbonyl (C=O) groups excluding carboxylic acids is 3. The first kappa shape index (κ1) is 28.8. The Morgan fingerprint density at radius 2 is 1.47 bits per heavy atom. The Hall–Kier alpha value is -3.22. The molecule has 0 saturated heterocycles. The van der Waals surface area contributed by atoms with Crippen molar-refractivity contribution in [2.45, 2.75) is 63.9 Å². The molecule has 0 saturated carbocycles. The number of carboxylic acid groups (broad SMARTS) is 1. The molecule has 12 nitrogen and oxygen atoms in total. The summed E-state index contributed by atoms with van der Waals surface area (Å²) in [7, 11) is 0. The number of rotatable bonds is 13. The van der Waals surface area contributed by atoms with Gasteiger partial charge in [-0.05, 0) is 43.4 Å². The van der Waals surface area contributed by atoms with E-state index in [2.05, 4.69) is 16.0 Å². The zero-order valence-corrected chi connectivity index (χ0v) is 19.4. The predicted octanol–water partition coefficient (Wildman–Crippen LogP) is -1.78. The lowest BCUT2D eigenvalue weighted by molar-refractivity contribution is -0.143. The van der Waals surface area contributed by atoms with E-state index in [9.17, 15) is 39.6 Å². The second kappa shape index (κ2) is 13.5. The highest BCUT2D eigenvalue weighted by Gasteiger charge is 2.32. The number of nitrogens with one attached hydrogen (secondary N) is 3. The van der Waals surface area contributed by atoms with E-state index in [1.807, 2.05) is 0 Å². The van der Waals surface area contributed by atoms with Gasteiger partial charge in [0, 0.05) is 0 Å².